The third-order valence-corrected chi connectivity index (χ3v) is 6.13. The highest BCUT2D eigenvalue weighted by molar-refractivity contribution is 7.09. The number of anilines is 1. The number of nitrogens with one attached hydrogen (secondary N) is 1. The monoisotopic (exact) mass is 413 g/mol. The smallest absolute Gasteiger partial charge is 0.329 e. The summed E-state index contributed by atoms with van der Waals surface area (Å²) in [7, 11) is 0. The van der Waals surface area contributed by atoms with Gasteiger partial charge in [-0.1, -0.05) is 18.2 Å². The van der Waals surface area contributed by atoms with Crippen LogP contribution >= 0.6 is 11.5 Å². The number of H-pyrrole nitrogens is 1. The van der Waals surface area contributed by atoms with Crippen molar-refractivity contribution < 1.29 is 4.79 Å². The highest BCUT2D eigenvalue weighted by atomic mass is 32.1. The topological polar surface area (TPSA) is 91.3 Å². The molecule has 4 rings (SSSR count). The summed E-state index contributed by atoms with van der Waals surface area (Å²) < 4.78 is 5.29. The van der Waals surface area contributed by atoms with Crippen LogP contribution in [-0.4, -0.2) is 50.9 Å². The lowest BCUT2D eigenvalue weighted by Gasteiger charge is -2.36. The van der Waals surface area contributed by atoms with Gasteiger partial charge in [0.05, 0.1) is 5.52 Å². The lowest BCUT2D eigenvalue weighted by Crippen LogP contribution is -2.49. The molecule has 0 saturated carbocycles. The van der Waals surface area contributed by atoms with Gasteiger partial charge in [-0.3, -0.25) is 14.2 Å². The maximum absolute atomic E-state index is 13.1. The second kappa shape index (κ2) is 7.47. The summed E-state index contributed by atoms with van der Waals surface area (Å²) in [5, 5.41) is 0. The van der Waals surface area contributed by atoms with Crippen molar-refractivity contribution in [2.45, 2.75) is 26.8 Å². The van der Waals surface area contributed by atoms with Gasteiger partial charge in [0, 0.05) is 37.9 Å². The van der Waals surface area contributed by atoms with Crippen LogP contribution in [0.2, 0.25) is 0 Å². The molecule has 1 aliphatic rings. The van der Waals surface area contributed by atoms with Crippen LogP contribution in [0.4, 0.5) is 5.69 Å². The second-order valence-corrected chi connectivity index (χ2v) is 8.27. The van der Waals surface area contributed by atoms with Crippen molar-refractivity contribution in [2.75, 3.05) is 31.1 Å². The lowest BCUT2D eigenvalue weighted by molar-refractivity contribution is 0.0753. The van der Waals surface area contributed by atoms with Crippen molar-refractivity contribution in [3.63, 3.8) is 0 Å². The van der Waals surface area contributed by atoms with Crippen LogP contribution in [0.15, 0.2) is 33.9 Å². The van der Waals surface area contributed by atoms with E-state index < -0.39 is 11.2 Å². The molecule has 1 amide bonds. The van der Waals surface area contributed by atoms with Gasteiger partial charge >= 0.3 is 5.69 Å². The molecule has 9 heteroatoms. The minimum absolute atomic E-state index is 0.144. The molecule has 8 nitrogen and oxygen atoms in total. The predicted octanol–water partition coefficient (Wildman–Crippen LogP) is 2.00. The summed E-state index contributed by atoms with van der Waals surface area (Å²) in [5.74, 6) is -0.195. The van der Waals surface area contributed by atoms with Crippen molar-refractivity contribution >= 4 is 34.2 Å². The fourth-order valence-corrected chi connectivity index (χ4v) is 4.55. The lowest BCUT2D eigenvalue weighted by atomic mass is 10.1. The molecule has 0 radical (unpaired) electrons. The summed E-state index contributed by atoms with van der Waals surface area (Å²) in [4.78, 5) is 45.0. The van der Waals surface area contributed by atoms with Gasteiger partial charge in [0.1, 0.15) is 4.88 Å². The first-order chi connectivity index (χ1) is 13.9. The minimum atomic E-state index is -0.517. The fourth-order valence-electron chi connectivity index (χ4n) is 3.75. The molecule has 0 atom stereocenters. The number of hydrogen-bond donors (Lipinski definition) is 1. The summed E-state index contributed by atoms with van der Waals surface area (Å²) in [5.41, 5.74) is 1.80. The Morgan fingerprint density at radius 3 is 2.48 bits per heavy atom. The zero-order valence-electron chi connectivity index (χ0n) is 16.6. The van der Waals surface area contributed by atoms with E-state index in [-0.39, 0.29) is 23.0 Å². The summed E-state index contributed by atoms with van der Waals surface area (Å²) in [6.07, 6.45) is 0. The second-order valence-electron chi connectivity index (χ2n) is 7.50. The van der Waals surface area contributed by atoms with Crippen LogP contribution < -0.4 is 16.1 Å². The van der Waals surface area contributed by atoms with E-state index in [1.165, 1.54) is 11.3 Å². The van der Waals surface area contributed by atoms with Crippen molar-refractivity contribution in [2.24, 2.45) is 0 Å². The average Bonchev–Trinajstić information content (AvgIpc) is 3.11. The van der Waals surface area contributed by atoms with E-state index in [4.69, 9.17) is 0 Å². The molecular weight excluding hydrogens is 390 g/mol. The first-order valence-electron chi connectivity index (χ1n) is 9.62. The maximum Gasteiger partial charge on any atom is 0.329 e. The minimum Gasteiger partial charge on any atom is -0.368 e. The predicted molar refractivity (Wildman–Crippen MR) is 114 cm³/mol. The van der Waals surface area contributed by atoms with Gasteiger partial charge in [-0.05, 0) is 43.9 Å². The van der Waals surface area contributed by atoms with Gasteiger partial charge in [-0.25, -0.2) is 4.79 Å². The Balaban J connectivity index is 1.58. The maximum atomic E-state index is 13.1. The number of para-hydroxylation sites is 1. The summed E-state index contributed by atoms with van der Waals surface area (Å²) in [6.45, 7) is 8.19. The molecule has 1 saturated heterocycles. The number of aromatic amines is 1. The number of piperazine rings is 1. The van der Waals surface area contributed by atoms with E-state index in [1.807, 2.05) is 12.1 Å². The molecule has 1 N–H and O–H groups in total. The number of aryl methyl sites for hydroxylation is 1. The molecule has 152 valence electrons. The number of hydrogen-bond acceptors (Lipinski definition) is 6. The number of carbonyl (C=O) groups excluding carboxylic acids is 1. The van der Waals surface area contributed by atoms with Crippen molar-refractivity contribution in [3.8, 4) is 0 Å². The Hall–Kier alpha value is -2.94. The number of fused-ring (bicyclic) bond motifs is 1. The molecule has 29 heavy (non-hydrogen) atoms. The SMILES string of the molecule is Cc1ccccc1N1CCN(C(=O)c2snc3c(=O)n(C(C)C)c(=O)[nH]c23)CC1. The van der Waals surface area contributed by atoms with E-state index in [9.17, 15) is 14.4 Å². The number of amides is 1. The van der Waals surface area contributed by atoms with Gasteiger partial charge in [-0.2, -0.15) is 4.37 Å². The Labute approximate surface area is 171 Å². The largest absolute Gasteiger partial charge is 0.368 e. The molecule has 1 aromatic carbocycles. The van der Waals surface area contributed by atoms with Gasteiger partial charge in [-0.15, -0.1) is 0 Å². The van der Waals surface area contributed by atoms with Crippen LogP contribution in [-0.2, 0) is 0 Å². The first-order valence-corrected chi connectivity index (χ1v) is 10.4. The zero-order valence-corrected chi connectivity index (χ0v) is 17.5. The van der Waals surface area contributed by atoms with Crippen molar-refractivity contribution in [1.82, 2.24) is 18.8 Å². The first kappa shape index (κ1) is 19.4. The summed E-state index contributed by atoms with van der Waals surface area (Å²) >= 11 is 0.969. The molecule has 1 fully saturated rings. The van der Waals surface area contributed by atoms with Crippen LogP contribution in [0.5, 0.6) is 0 Å². The number of benzene rings is 1. The Bertz CT molecular complexity index is 1180. The molecular formula is C20H23N5O3S. The highest BCUT2D eigenvalue weighted by Gasteiger charge is 2.27. The number of nitrogens with zero attached hydrogens (tertiary/aromatic N) is 4. The van der Waals surface area contributed by atoms with E-state index >= 15 is 0 Å². The van der Waals surface area contributed by atoms with Crippen molar-refractivity contribution in [3.05, 3.63) is 55.5 Å². The van der Waals surface area contributed by atoms with E-state index in [0.29, 0.717) is 18.0 Å². The third-order valence-electron chi connectivity index (χ3n) is 5.30. The zero-order chi connectivity index (χ0) is 20.7. The van der Waals surface area contributed by atoms with Gasteiger partial charge in [0.15, 0.2) is 5.52 Å². The number of carbonyl (C=O) groups is 1. The average molecular weight is 414 g/mol. The van der Waals surface area contributed by atoms with Gasteiger partial charge in [0.2, 0.25) is 0 Å². The molecule has 0 unspecified atom stereocenters. The molecule has 3 heterocycles. The number of rotatable bonds is 3. The van der Waals surface area contributed by atoms with E-state index in [1.54, 1.807) is 18.7 Å². The van der Waals surface area contributed by atoms with Crippen molar-refractivity contribution in [1.29, 1.82) is 0 Å². The standard InChI is InChI=1S/C20H23N5O3S/c1-12(2)25-18(26)16-15(21-20(25)28)17(29-22-16)19(27)24-10-8-23(9-11-24)14-7-5-4-6-13(14)3/h4-7,12H,8-11H2,1-3H3,(H,21,28). The van der Waals surface area contributed by atoms with E-state index in [0.717, 1.165) is 29.2 Å². The molecule has 1 aliphatic heterocycles. The Kier molecular flexibility index (Phi) is 4.99. The van der Waals surface area contributed by atoms with Gasteiger partial charge < -0.3 is 14.8 Å². The summed E-state index contributed by atoms with van der Waals surface area (Å²) in [6, 6.07) is 7.92. The van der Waals surface area contributed by atoms with Gasteiger partial charge in [0.25, 0.3) is 11.5 Å². The molecule has 0 spiro atoms. The van der Waals surface area contributed by atoms with Crippen LogP contribution in [0.25, 0.3) is 11.0 Å². The normalized spacial score (nSPS) is 14.8. The van der Waals surface area contributed by atoms with Crippen LogP contribution in [0.3, 0.4) is 0 Å². The number of aromatic nitrogens is 3. The molecule has 0 aliphatic carbocycles. The molecule has 3 aromatic rings. The fraction of sp³-hybridized carbons (Fsp3) is 0.400. The van der Waals surface area contributed by atoms with E-state index in [2.05, 4.69) is 33.3 Å². The Morgan fingerprint density at radius 2 is 1.83 bits per heavy atom. The third kappa shape index (κ3) is 3.35. The highest BCUT2D eigenvalue weighted by Crippen LogP contribution is 2.23. The Morgan fingerprint density at radius 1 is 1.14 bits per heavy atom. The molecule has 0 bridgehead atoms. The van der Waals surface area contributed by atoms with Crippen LogP contribution in [0, 0.1) is 6.92 Å². The molecule has 2 aromatic heterocycles. The van der Waals surface area contributed by atoms with Crippen LogP contribution in [0.1, 0.15) is 35.1 Å². The quantitative estimate of drug-likeness (QED) is 0.709.